The monoisotopic (exact) mass is 393 g/mol. The Labute approximate surface area is 80.4 Å². The first kappa shape index (κ1) is 16.8. The topological polar surface area (TPSA) is 147 Å². The molecule has 9 heteroatoms. The van der Waals surface area contributed by atoms with Crippen LogP contribution in [0.4, 0.5) is 4.79 Å². The molecule has 7 nitrogen and oxygen atoms in total. The van der Waals surface area contributed by atoms with Crippen LogP contribution in [0.2, 0.25) is 0 Å². The summed E-state index contributed by atoms with van der Waals surface area (Å²) in [6.07, 6.45) is -2.33. The zero-order valence-electron chi connectivity index (χ0n) is 4.47. The van der Waals surface area contributed by atoms with Crippen molar-refractivity contribution in [2.24, 2.45) is 0 Å². The van der Waals surface area contributed by atoms with Crippen LogP contribution in [-0.4, -0.2) is 29.6 Å². The fourth-order valence-electron chi connectivity index (χ4n) is 0. The quantitative estimate of drug-likeness (QED) is 0.348. The maximum absolute atomic E-state index is 8.91. The molecule has 3 N–H and O–H groups in total. The van der Waals surface area contributed by atoms with E-state index < -0.39 is 15.2 Å². The molecule has 0 rings (SSSR count). The second-order valence-electron chi connectivity index (χ2n) is 0.824. The van der Waals surface area contributed by atoms with Crippen LogP contribution in [0.1, 0.15) is 0 Å². The zero-order valence-corrected chi connectivity index (χ0v) is 9.64. The Hall–Kier alpha value is 0.379. The third-order valence-corrected chi connectivity index (χ3v) is 0. The van der Waals surface area contributed by atoms with Gasteiger partial charge in [-0.15, -0.1) is 0 Å². The van der Waals surface area contributed by atoms with Crippen molar-refractivity contribution in [2.45, 2.75) is 0 Å². The van der Waals surface area contributed by atoms with Crippen molar-refractivity contribution in [1.82, 2.24) is 0 Å². The van der Waals surface area contributed by atoms with Gasteiger partial charge in [0.15, 0.2) is 0 Å². The van der Waals surface area contributed by atoms with E-state index in [9.17, 15) is 0 Å². The molecule has 0 aliphatic rings. The van der Waals surface area contributed by atoms with E-state index in [2.05, 4.69) is 0 Å². The first-order valence-corrected chi connectivity index (χ1v) is 3.24. The fraction of sp³-hybridized carbons (Fsp3) is 0. The number of carbonyl (C=O) groups is 1. The van der Waals surface area contributed by atoms with Crippen LogP contribution in [-0.2, 0) is 0 Å². The second-order valence-corrected chi connectivity index (χ2v) is 1.97. The second kappa shape index (κ2) is 7.49. The third-order valence-electron chi connectivity index (χ3n) is 0. The van der Waals surface area contributed by atoms with E-state index in [0.29, 0.717) is 0 Å². The molecule has 0 saturated heterocycles. The summed E-state index contributed by atoms with van der Waals surface area (Å²) in [7, 11) is -4.86. The first-order valence-electron chi connectivity index (χ1n) is 1.49. The van der Waals surface area contributed by atoms with E-state index in [4.69, 9.17) is 34.2 Å². The number of carboxylic acid groups (broad SMARTS) is 2. The first-order chi connectivity index (χ1) is 3.73. The summed E-state index contributed by atoms with van der Waals surface area (Å²) in [5, 5.41) is 16.7. The molecule has 1 radical (unpaired) electrons. The number of rotatable bonds is 0. The molecule has 0 atom stereocenters. The van der Waals surface area contributed by atoms with E-state index in [1.807, 2.05) is 0 Å². The van der Waals surface area contributed by atoms with Crippen molar-refractivity contribution in [1.29, 1.82) is 0 Å². The van der Waals surface area contributed by atoms with E-state index in [1.54, 1.807) is 0 Å². The normalized spacial score (nSPS) is 8.40. The summed E-state index contributed by atoms with van der Waals surface area (Å²) in [4.78, 5) is 38.9. The molecular formula is CH3O7SiU. The predicted octanol–water partition coefficient (Wildman–Crippen LogP) is -5.69. The SMILES string of the molecule is O=C([O-])[O-].[O-][Si](O)(O)O.[U+3]. The average Bonchev–Trinajstić information content (AvgIpc) is 1.19. The van der Waals surface area contributed by atoms with Crippen molar-refractivity contribution in [3.05, 3.63) is 0 Å². The molecule has 0 aromatic carbocycles. The van der Waals surface area contributed by atoms with Gasteiger partial charge in [0.25, 0.3) is 0 Å². The molecule has 0 bridgehead atoms. The zero-order chi connectivity index (χ0) is 8.08. The summed E-state index contributed by atoms with van der Waals surface area (Å²) in [5.41, 5.74) is 0. The van der Waals surface area contributed by atoms with Crippen molar-refractivity contribution < 1.29 is 65.3 Å². The van der Waals surface area contributed by atoms with Gasteiger partial charge in [-0.25, -0.2) is 0 Å². The van der Waals surface area contributed by atoms with Gasteiger partial charge in [0.2, 0.25) is 0 Å². The average molecular weight is 393 g/mol. The van der Waals surface area contributed by atoms with Crippen LogP contribution in [0, 0.1) is 31.1 Å². The Kier molecular flexibility index (Phi) is 12.6. The predicted molar refractivity (Wildman–Crippen MR) is 17.8 cm³/mol. The molecule has 0 spiro atoms. The minimum absolute atomic E-state index is 0. The smallest absolute Gasteiger partial charge is 0.794 e. The third kappa shape index (κ3) is 3180. The largest absolute Gasteiger partial charge is 3.00 e. The maximum Gasteiger partial charge on any atom is 3.00 e. The summed E-state index contributed by atoms with van der Waals surface area (Å²) >= 11 is 0. The van der Waals surface area contributed by atoms with Crippen molar-refractivity contribution >= 4 is 15.2 Å². The van der Waals surface area contributed by atoms with Gasteiger partial charge in [-0.2, -0.15) is 0 Å². The van der Waals surface area contributed by atoms with E-state index in [-0.39, 0.29) is 31.1 Å². The van der Waals surface area contributed by atoms with Crippen LogP contribution in [0.15, 0.2) is 0 Å². The van der Waals surface area contributed by atoms with Crippen LogP contribution < -0.4 is 15.0 Å². The molecular weight excluding hydrogens is 390 g/mol. The molecule has 0 saturated carbocycles. The molecule has 0 aromatic heterocycles. The minimum Gasteiger partial charge on any atom is -0.794 e. The van der Waals surface area contributed by atoms with E-state index in [0.717, 1.165) is 0 Å². The van der Waals surface area contributed by atoms with Gasteiger partial charge in [-0.3, -0.25) is 0 Å². The van der Waals surface area contributed by atoms with Gasteiger partial charge in [-0.1, -0.05) is 0 Å². The van der Waals surface area contributed by atoms with Gasteiger partial charge >= 0.3 is 40.2 Å². The molecule has 0 heterocycles. The van der Waals surface area contributed by atoms with Crippen molar-refractivity contribution in [2.75, 3.05) is 0 Å². The van der Waals surface area contributed by atoms with Gasteiger partial charge in [-0.05, 0) is 6.16 Å². The fourth-order valence-corrected chi connectivity index (χ4v) is 0. The summed E-state index contributed by atoms with van der Waals surface area (Å²) < 4.78 is 0. The molecule has 0 fully saturated rings. The van der Waals surface area contributed by atoms with Crippen LogP contribution in [0.25, 0.3) is 0 Å². The maximum atomic E-state index is 8.91. The van der Waals surface area contributed by atoms with E-state index >= 15 is 0 Å². The van der Waals surface area contributed by atoms with Gasteiger partial charge in [0, 0.05) is 0 Å². The molecule has 0 unspecified atom stereocenters. The van der Waals surface area contributed by atoms with Crippen LogP contribution >= 0.6 is 0 Å². The Morgan fingerprint density at radius 1 is 1.20 bits per heavy atom. The number of hydrogen-bond acceptors (Lipinski definition) is 7. The molecule has 0 aliphatic heterocycles. The Morgan fingerprint density at radius 3 is 1.20 bits per heavy atom. The Balaban J connectivity index is -0.0000000910. The summed E-state index contributed by atoms with van der Waals surface area (Å²) in [5.74, 6) is 0. The minimum atomic E-state index is -4.86. The van der Waals surface area contributed by atoms with Gasteiger partial charge in [0.05, 0.1) is 0 Å². The van der Waals surface area contributed by atoms with Gasteiger partial charge < -0.3 is 34.2 Å². The summed E-state index contributed by atoms with van der Waals surface area (Å²) in [6, 6.07) is 0. The number of hydrogen-bond donors (Lipinski definition) is 3. The molecule has 10 heavy (non-hydrogen) atoms. The van der Waals surface area contributed by atoms with Gasteiger partial charge in [0.1, 0.15) is 0 Å². The standard InChI is InChI=1S/CH2O3.H3O4Si.U/c2-1(3)4;1-5(2,3)4;/h(H2,2,3,4);1-3H;/q;-1;+3/p-2. The van der Waals surface area contributed by atoms with Crippen molar-refractivity contribution in [3.63, 3.8) is 0 Å². The van der Waals surface area contributed by atoms with Crippen LogP contribution in [0.5, 0.6) is 0 Å². The van der Waals surface area contributed by atoms with Crippen LogP contribution in [0.3, 0.4) is 0 Å². The summed E-state index contributed by atoms with van der Waals surface area (Å²) in [6.45, 7) is 0. The Morgan fingerprint density at radius 2 is 1.20 bits per heavy atom. The molecule has 57 valence electrons. The molecule has 0 aliphatic carbocycles. The number of carbonyl (C=O) groups excluding carboxylic acids is 1. The Bertz CT molecular complexity index is 76.1. The molecule has 0 amide bonds. The van der Waals surface area contributed by atoms with E-state index in [1.165, 1.54) is 0 Å². The molecule has 0 aromatic rings. The van der Waals surface area contributed by atoms with Crippen molar-refractivity contribution in [3.8, 4) is 0 Å².